The number of hydrogen-bond acceptors (Lipinski definition) is 2. The number of anilines is 1. The number of aryl methyl sites for hydroxylation is 1. The fourth-order valence-electron chi connectivity index (χ4n) is 13.8. The van der Waals surface area contributed by atoms with Gasteiger partial charge in [0.05, 0.1) is 5.52 Å². The van der Waals surface area contributed by atoms with E-state index < -0.39 is 0 Å². The minimum absolute atomic E-state index is 0.0383. The summed E-state index contributed by atoms with van der Waals surface area (Å²) < 4.78 is 9.28. The molecule has 2 aromatic carbocycles. The molecule has 8 aliphatic carbocycles. The standard InChI is InChI=1S/C57H58N2O/c1-37-16-15-19-40(34-37)57(39-17-5-3-6-18-39)50-25-12-9-22-44(50)48-31-33-51(38(2)56(48)57)58(43-28-30-47-46-24-11-14-27-54(46)60-55(47)36-43)42-29-32-53-49(35-42)45-23-10-13-26-52(45)59(53)41-20-7-4-8-21-41/h3,5-7,9-10,12-14,17,19-23,25-28,30-31,35-39,44,50-51,56H,4,8,11,15-16,18,24,29,32-34H2,1-2H3. The summed E-state index contributed by atoms with van der Waals surface area (Å²) in [7, 11) is 0. The van der Waals surface area contributed by atoms with Crippen molar-refractivity contribution >= 4 is 45.4 Å². The maximum atomic E-state index is 6.70. The van der Waals surface area contributed by atoms with Crippen LogP contribution in [0.15, 0.2) is 149 Å². The molecule has 8 atom stereocenters. The van der Waals surface area contributed by atoms with E-state index in [1.54, 1.807) is 11.1 Å². The van der Waals surface area contributed by atoms with E-state index in [1.165, 1.54) is 69.5 Å². The van der Waals surface area contributed by atoms with E-state index in [1.807, 2.05) is 0 Å². The Bertz CT molecular complexity index is 2730. The Balaban J connectivity index is 1.05. The Labute approximate surface area is 356 Å². The molecule has 1 fully saturated rings. The zero-order chi connectivity index (χ0) is 40.0. The Morgan fingerprint density at radius 2 is 1.68 bits per heavy atom. The normalized spacial score (nSPS) is 31.3. The van der Waals surface area contributed by atoms with E-state index in [0.717, 1.165) is 68.6 Å². The van der Waals surface area contributed by atoms with Gasteiger partial charge in [-0.2, -0.15) is 0 Å². The van der Waals surface area contributed by atoms with E-state index in [2.05, 4.69) is 163 Å². The first-order chi connectivity index (χ1) is 29.6. The lowest BCUT2D eigenvalue weighted by molar-refractivity contribution is 0.0872. The number of furan rings is 1. The van der Waals surface area contributed by atoms with Crippen LogP contribution in [-0.4, -0.2) is 10.6 Å². The third-order valence-electron chi connectivity index (χ3n) is 16.2. The van der Waals surface area contributed by atoms with Gasteiger partial charge in [0.15, 0.2) is 0 Å². The maximum Gasteiger partial charge on any atom is 0.137 e. The molecule has 60 heavy (non-hydrogen) atoms. The van der Waals surface area contributed by atoms with Gasteiger partial charge < -0.3 is 13.9 Å². The molecule has 0 saturated heterocycles. The van der Waals surface area contributed by atoms with Crippen LogP contribution < -0.4 is 4.90 Å². The minimum Gasteiger partial charge on any atom is -0.456 e. The predicted octanol–water partition coefficient (Wildman–Crippen LogP) is 14.5. The second-order valence-corrected chi connectivity index (χ2v) is 19.3. The van der Waals surface area contributed by atoms with Gasteiger partial charge in [0.25, 0.3) is 0 Å². The highest BCUT2D eigenvalue weighted by Gasteiger charge is 2.63. The first-order valence-corrected chi connectivity index (χ1v) is 23.4. The quantitative estimate of drug-likeness (QED) is 0.182. The first kappa shape index (κ1) is 36.6. The molecule has 8 unspecified atom stereocenters. The first-order valence-electron chi connectivity index (χ1n) is 23.4. The molecular formula is C57H58N2O. The fraction of sp³-hybridized carbons (Fsp3) is 0.368. The average molecular weight is 787 g/mol. The largest absolute Gasteiger partial charge is 0.456 e. The number of aromatic nitrogens is 1. The summed E-state index contributed by atoms with van der Waals surface area (Å²) in [4.78, 5) is 2.83. The molecule has 0 bridgehead atoms. The van der Waals surface area contributed by atoms with Gasteiger partial charge in [-0.1, -0.05) is 122 Å². The predicted molar refractivity (Wildman–Crippen MR) is 251 cm³/mol. The van der Waals surface area contributed by atoms with E-state index in [0.29, 0.717) is 35.6 Å². The van der Waals surface area contributed by atoms with Crippen molar-refractivity contribution in [3.63, 3.8) is 0 Å². The zero-order valence-corrected chi connectivity index (χ0v) is 35.4. The number of nitrogens with zero attached hydrogens (tertiary/aromatic N) is 2. The third-order valence-corrected chi connectivity index (χ3v) is 16.2. The number of benzene rings is 2. The van der Waals surface area contributed by atoms with Gasteiger partial charge in [-0.15, -0.1) is 0 Å². The molecule has 2 heterocycles. The maximum absolute atomic E-state index is 6.70. The number of allylic oxidation sites excluding steroid dienone is 17. The lowest BCUT2D eigenvalue weighted by atomic mass is 9.51. The summed E-state index contributed by atoms with van der Waals surface area (Å²) in [6.07, 6.45) is 51.6. The Hall–Kier alpha value is -5.28. The van der Waals surface area contributed by atoms with Crippen LogP contribution in [0.25, 0.3) is 39.7 Å². The SMILES string of the molecule is CC1CCC=C(C2(C3C=CC=CC3)C3C=CC=CC3C3=CCC(N(C4=Cc5c(n(C6=CCCC=C6)c6ccccc56)CC4)c4ccc5c6c(oc5c4)C=CCC6)C(C)C32)C1. The number of rotatable bonds is 6. The smallest absolute Gasteiger partial charge is 0.137 e. The molecular weight excluding hydrogens is 729 g/mol. The topological polar surface area (TPSA) is 21.3 Å². The van der Waals surface area contributed by atoms with Crippen molar-refractivity contribution in [3.05, 3.63) is 167 Å². The van der Waals surface area contributed by atoms with Crippen molar-refractivity contribution in [3.8, 4) is 0 Å². The molecule has 0 aliphatic heterocycles. The molecule has 0 amide bonds. The van der Waals surface area contributed by atoms with Crippen LogP contribution in [0.4, 0.5) is 5.69 Å². The van der Waals surface area contributed by atoms with Crippen LogP contribution in [0.2, 0.25) is 0 Å². The van der Waals surface area contributed by atoms with Gasteiger partial charge in [-0.3, -0.25) is 0 Å². The zero-order valence-electron chi connectivity index (χ0n) is 35.4. The van der Waals surface area contributed by atoms with Gasteiger partial charge in [0.1, 0.15) is 11.3 Å². The number of hydrogen-bond donors (Lipinski definition) is 0. The van der Waals surface area contributed by atoms with Gasteiger partial charge in [-0.05, 0) is 137 Å². The highest BCUT2D eigenvalue weighted by Crippen LogP contribution is 2.69. The third kappa shape index (κ3) is 5.46. The lowest BCUT2D eigenvalue weighted by Gasteiger charge is -2.54. The monoisotopic (exact) mass is 786 g/mol. The summed E-state index contributed by atoms with van der Waals surface area (Å²) in [6, 6.07) is 16.6. The number of fused-ring (bicyclic) bond motifs is 9. The van der Waals surface area contributed by atoms with Crippen molar-refractivity contribution < 1.29 is 4.42 Å². The second kappa shape index (κ2) is 14.4. The molecule has 0 radical (unpaired) electrons. The van der Waals surface area contributed by atoms with Crippen molar-refractivity contribution in [1.29, 1.82) is 0 Å². The molecule has 2 aromatic heterocycles. The van der Waals surface area contributed by atoms with Crippen molar-refractivity contribution in [2.24, 2.45) is 40.9 Å². The number of para-hydroxylation sites is 1. The van der Waals surface area contributed by atoms with Gasteiger partial charge in [0.2, 0.25) is 0 Å². The van der Waals surface area contributed by atoms with E-state index in [9.17, 15) is 0 Å². The van der Waals surface area contributed by atoms with Crippen LogP contribution in [-0.2, 0) is 12.8 Å². The minimum atomic E-state index is 0.0383. The second-order valence-electron chi connectivity index (χ2n) is 19.3. The van der Waals surface area contributed by atoms with E-state index >= 15 is 0 Å². The Morgan fingerprint density at radius 3 is 2.57 bits per heavy atom. The molecule has 0 N–H and O–H groups in total. The molecule has 302 valence electrons. The molecule has 4 aromatic rings. The van der Waals surface area contributed by atoms with Crippen LogP contribution in [0.5, 0.6) is 0 Å². The summed E-state index contributed by atoms with van der Waals surface area (Å²) >= 11 is 0. The fourth-order valence-corrected chi connectivity index (χ4v) is 13.8. The van der Waals surface area contributed by atoms with Crippen LogP contribution in [0.3, 0.4) is 0 Å². The Kier molecular flexibility index (Phi) is 8.79. The lowest BCUT2D eigenvalue weighted by Crippen LogP contribution is -2.51. The molecule has 8 aliphatic rings. The van der Waals surface area contributed by atoms with E-state index in [4.69, 9.17) is 4.42 Å². The van der Waals surface area contributed by atoms with Gasteiger partial charge >= 0.3 is 0 Å². The highest BCUT2D eigenvalue weighted by molar-refractivity contribution is 5.96. The molecule has 3 heteroatoms. The van der Waals surface area contributed by atoms with Crippen LogP contribution in [0, 0.1) is 40.9 Å². The van der Waals surface area contributed by atoms with Gasteiger partial charge in [-0.25, -0.2) is 0 Å². The molecule has 1 saturated carbocycles. The summed E-state index contributed by atoms with van der Waals surface area (Å²) in [5, 5.41) is 2.64. The Morgan fingerprint density at radius 1 is 0.783 bits per heavy atom. The summed E-state index contributed by atoms with van der Waals surface area (Å²) in [5.41, 5.74) is 14.1. The average Bonchev–Trinajstić information content (AvgIpc) is 3.94. The van der Waals surface area contributed by atoms with E-state index in [-0.39, 0.29) is 5.41 Å². The van der Waals surface area contributed by atoms with Crippen molar-refractivity contribution in [2.45, 2.75) is 90.5 Å². The van der Waals surface area contributed by atoms with Gasteiger partial charge in [0, 0.05) is 68.1 Å². The van der Waals surface area contributed by atoms with Crippen LogP contribution in [0.1, 0.15) is 94.2 Å². The highest BCUT2D eigenvalue weighted by atomic mass is 16.3. The molecule has 0 spiro atoms. The van der Waals surface area contributed by atoms with Crippen LogP contribution >= 0.6 is 0 Å². The molecule has 12 rings (SSSR count). The van der Waals surface area contributed by atoms with Crippen molar-refractivity contribution in [1.82, 2.24) is 4.57 Å². The van der Waals surface area contributed by atoms with Crippen molar-refractivity contribution in [2.75, 3.05) is 4.90 Å². The summed E-state index contributed by atoms with van der Waals surface area (Å²) in [5.74, 6) is 4.01. The summed E-state index contributed by atoms with van der Waals surface area (Å²) in [6.45, 7) is 5.16. The molecule has 3 nitrogen and oxygen atoms in total.